The fourth-order valence-electron chi connectivity index (χ4n) is 2.97. The van der Waals surface area contributed by atoms with Crippen LogP contribution in [0, 0.1) is 12.7 Å². The number of rotatable bonds is 6. The van der Waals surface area contributed by atoms with E-state index in [4.69, 9.17) is 20.8 Å². The zero-order valence-electron chi connectivity index (χ0n) is 16.3. The molecule has 0 unspecified atom stereocenters. The summed E-state index contributed by atoms with van der Waals surface area (Å²) >= 11 is 6.12. The predicted molar refractivity (Wildman–Crippen MR) is 111 cm³/mol. The molecule has 1 amide bonds. The van der Waals surface area contributed by atoms with Crippen molar-refractivity contribution in [1.29, 1.82) is 0 Å². The topological polar surface area (TPSA) is 68.5 Å². The van der Waals surface area contributed by atoms with Gasteiger partial charge in [0.2, 0.25) is 5.43 Å². The van der Waals surface area contributed by atoms with Crippen molar-refractivity contribution in [3.8, 4) is 16.9 Å². The van der Waals surface area contributed by atoms with Crippen LogP contribution in [0.15, 0.2) is 45.6 Å². The highest BCUT2D eigenvalue weighted by Crippen LogP contribution is 2.32. The normalized spacial score (nSPS) is 12.0. The van der Waals surface area contributed by atoms with Gasteiger partial charge in [0.05, 0.1) is 16.0 Å². The Balaban J connectivity index is 1.94. The van der Waals surface area contributed by atoms with Gasteiger partial charge in [0, 0.05) is 17.7 Å². The van der Waals surface area contributed by atoms with Crippen LogP contribution in [0.2, 0.25) is 5.02 Å². The van der Waals surface area contributed by atoms with E-state index in [0.29, 0.717) is 5.75 Å². The summed E-state index contributed by atoms with van der Waals surface area (Å²) in [6, 6.07) is 8.93. The van der Waals surface area contributed by atoms with E-state index < -0.39 is 11.2 Å². The Hall–Kier alpha value is -2.86. The molecule has 0 saturated carbocycles. The molecule has 0 aliphatic rings. The van der Waals surface area contributed by atoms with Crippen molar-refractivity contribution in [1.82, 2.24) is 5.32 Å². The zero-order chi connectivity index (χ0) is 21.1. The number of amides is 1. The molecular weight excluding hydrogens is 397 g/mol. The van der Waals surface area contributed by atoms with Crippen molar-refractivity contribution >= 4 is 28.5 Å². The summed E-state index contributed by atoms with van der Waals surface area (Å²) in [5.41, 5.74) is -0.00748. The molecule has 0 saturated heterocycles. The summed E-state index contributed by atoms with van der Waals surface area (Å²) in [5.74, 6) is -0.210. The van der Waals surface area contributed by atoms with Crippen molar-refractivity contribution < 1.29 is 18.3 Å². The van der Waals surface area contributed by atoms with Crippen LogP contribution in [-0.4, -0.2) is 18.6 Å². The van der Waals surface area contributed by atoms with Gasteiger partial charge in [-0.15, -0.1) is 0 Å². The molecule has 1 atom stereocenters. The minimum atomic E-state index is -0.598. The molecule has 0 fully saturated rings. The van der Waals surface area contributed by atoms with Crippen LogP contribution in [0.3, 0.4) is 0 Å². The lowest BCUT2D eigenvalue weighted by Gasteiger charge is -2.13. The number of hydrogen-bond donors (Lipinski definition) is 1. The molecule has 3 rings (SSSR count). The maximum absolute atomic E-state index is 14.3. The van der Waals surface area contributed by atoms with E-state index in [-0.39, 0.29) is 51.4 Å². The number of carbonyl (C=O) groups excluding carboxylic acids is 1. The van der Waals surface area contributed by atoms with Crippen LogP contribution in [0.25, 0.3) is 22.1 Å². The molecule has 3 aromatic rings. The quantitative estimate of drug-likeness (QED) is 0.622. The van der Waals surface area contributed by atoms with Crippen molar-refractivity contribution in [3.63, 3.8) is 0 Å². The van der Waals surface area contributed by atoms with Crippen LogP contribution in [0.4, 0.5) is 4.39 Å². The molecule has 0 radical (unpaired) electrons. The highest BCUT2D eigenvalue weighted by Gasteiger charge is 2.19. The van der Waals surface area contributed by atoms with E-state index >= 15 is 0 Å². The second-order valence-electron chi connectivity index (χ2n) is 6.78. The third-order valence-electron chi connectivity index (χ3n) is 4.64. The molecule has 5 nitrogen and oxygen atoms in total. The van der Waals surface area contributed by atoms with Crippen LogP contribution < -0.4 is 15.5 Å². The molecule has 29 heavy (non-hydrogen) atoms. The van der Waals surface area contributed by atoms with Gasteiger partial charge in [0.1, 0.15) is 22.9 Å². The molecule has 0 spiro atoms. The van der Waals surface area contributed by atoms with Crippen molar-refractivity contribution in [2.24, 2.45) is 0 Å². The van der Waals surface area contributed by atoms with Crippen molar-refractivity contribution in [2.75, 3.05) is 6.61 Å². The molecule has 1 heterocycles. The first-order valence-corrected chi connectivity index (χ1v) is 9.63. The molecule has 0 bridgehead atoms. The largest absolute Gasteiger partial charge is 0.484 e. The number of halogens is 2. The third kappa shape index (κ3) is 4.43. The molecule has 0 aliphatic carbocycles. The van der Waals surface area contributed by atoms with Crippen LogP contribution >= 0.6 is 11.6 Å². The number of nitrogens with one attached hydrogen (secondary N) is 1. The van der Waals surface area contributed by atoms with Gasteiger partial charge in [-0.05, 0) is 44.5 Å². The Morgan fingerprint density at radius 1 is 1.28 bits per heavy atom. The second-order valence-corrected chi connectivity index (χ2v) is 7.19. The first-order chi connectivity index (χ1) is 13.8. The molecule has 2 aromatic carbocycles. The Bertz CT molecular complexity index is 1110. The first-order valence-electron chi connectivity index (χ1n) is 9.25. The lowest BCUT2D eigenvalue weighted by Crippen LogP contribution is -2.35. The van der Waals surface area contributed by atoms with Gasteiger partial charge in [0.15, 0.2) is 6.61 Å². The third-order valence-corrected chi connectivity index (χ3v) is 4.96. The summed E-state index contributed by atoms with van der Waals surface area (Å²) < 4.78 is 25.6. The number of benzene rings is 2. The Morgan fingerprint density at radius 3 is 2.72 bits per heavy atom. The van der Waals surface area contributed by atoms with Gasteiger partial charge in [0.25, 0.3) is 5.91 Å². The van der Waals surface area contributed by atoms with Gasteiger partial charge >= 0.3 is 0 Å². The van der Waals surface area contributed by atoms with Gasteiger partial charge in [-0.3, -0.25) is 9.59 Å². The molecule has 0 aliphatic heterocycles. The average Bonchev–Trinajstić information content (AvgIpc) is 2.68. The van der Waals surface area contributed by atoms with Gasteiger partial charge in [-0.1, -0.05) is 24.6 Å². The van der Waals surface area contributed by atoms with E-state index in [0.717, 1.165) is 6.42 Å². The maximum atomic E-state index is 14.3. The van der Waals surface area contributed by atoms with Crippen LogP contribution in [-0.2, 0) is 4.79 Å². The number of hydrogen-bond acceptors (Lipinski definition) is 4. The molecule has 152 valence electrons. The second kappa shape index (κ2) is 8.66. The van der Waals surface area contributed by atoms with Gasteiger partial charge in [-0.2, -0.15) is 0 Å². The summed E-state index contributed by atoms with van der Waals surface area (Å²) in [6.07, 6.45) is 0.820. The SMILES string of the molecule is CC[C@H](C)NC(=O)COc1ccc2c(=O)c(-c3c(F)cccc3Cl)c(C)oc2c1. The van der Waals surface area contributed by atoms with Crippen molar-refractivity contribution in [3.05, 3.63) is 63.2 Å². The lowest BCUT2D eigenvalue weighted by atomic mass is 10.0. The fraction of sp³-hybridized carbons (Fsp3) is 0.273. The predicted octanol–water partition coefficient (Wildman–Crippen LogP) is 4.85. The standard InChI is InChI=1S/C22H21ClFNO4/c1-4-12(2)25-19(26)11-28-14-8-9-15-18(10-14)29-13(3)20(22(15)27)21-16(23)6-5-7-17(21)24/h5-10,12H,4,11H2,1-3H3,(H,25,26)/t12-/m0/s1. The number of ether oxygens (including phenoxy) is 1. The van der Waals surface area contributed by atoms with E-state index in [1.54, 1.807) is 13.0 Å². The average molecular weight is 418 g/mol. The van der Waals surface area contributed by atoms with Crippen LogP contribution in [0.5, 0.6) is 5.75 Å². The summed E-state index contributed by atoms with van der Waals surface area (Å²) in [7, 11) is 0. The molecule has 7 heteroatoms. The molecule has 1 aromatic heterocycles. The fourth-order valence-corrected chi connectivity index (χ4v) is 3.23. The maximum Gasteiger partial charge on any atom is 0.258 e. The van der Waals surface area contributed by atoms with E-state index in [1.165, 1.54) is 30.3 Å². The summed E-state index contributed by atoms with van der Waals surface area (Å²) in [4.78, 5) is 24.9. The minimum Gasteiger partial charge on any atom is -0.484 e. The smallest absolute Gasteiger partial charge is 0.258 e. The summed E-state index contributed by atoms with van der Waals surface area (Å²) in [6.45, 7) is 5.31. The number of aryl methyl sites for hydroxylation is 1. The highest BCUT2D eigenvalue weighted by molar-refractivity contribution is 6.33. The summed E-state index contributed by atoms with van der Waals surface area (Å²) in [5, 5.41) is 3.20. The minimum absolute atomic E-state index is 0.0179. The zero-order valence-corrected chi connectivity index (χ0v) is 17.1. The monoisotopic (exact) mass is 417 g/mol. The van der Waals surface area contributed by atoms with E-state index in [2.05, 4.69) is 5.32 Å². The van der Waals surface area contributed by atoms with E-state index in [1.807, 2.05) is 13.8 Å². The molecule has 1 N–H and O–H groups in total. The Morgan fingerprint density at radius 2 is 2.03 bits per heavy atom. The van der Waals surface area contributed by atoms with Crippen LogP contribution in [0.1, 0.15) is 26.0 Å². The highest BCUT2D eigenvalue weighted by atomic mass is 35.5. The molecular formula is C22H21ClFNO4. The number of carbonyl (C=O) groups is 1. The lowest BCUT2D eigenvalue weighted by molar-refractivity contribution is -0.123. The Labute approximate surface area is 172 Å². The van der Waals surface area contributed by atoms with E-state index in [9.17, 15) is 14.0 Å². The Kier molecular flexibility index (Phi) is 6.23. The van der Waals surface area contributed by atoms with Gasteiger partial charge < -0.3 is 14.5 Å². The number of fused-ring (bicyclic) bond motifs is 1. The van der Waals surface area contributed by atoms with Crippen molar-refractivity contribution in [2.45, 2.75) is 33.2 Å². The van der Waals surface area contributed by atoms with Gasteiger partial charge in [-0.25, -0.2) is 4.39 Å². The first kappa shape index (κ1) is 20.9.